The van der Waals surface area contributed by atoms with E-state index >= 15 is 0 Å². The molecule has 20 heavy (non-hydrogen) atoms. The average Bonchev–Trinajstić information content (AvgIpc) is 2.53. The van der Waals surface area contributed by atoms with Crippen LogP contribution >= 0.6 is 11.6 Å². The van der Waals surface area contributed by atoms with Gasteiger partial charge in [-0.15, -0.1) is 11.6 Å². The van der Waals surface area contributed by atoms with E-state index in [-0.39, 0.29) is 0 Å². The van der Waals surface area contributed by atoms with Gasteiger partial charge in [-0.05, 0) is 17.9 Å². The largest absolute Gasteiger partial charge is 0.375 e. The molecule has 106 valence electrons. The maximum Gasteiger partial charge on any atom is 0.136 e. The van der Waals surface area contributed by atoms with E-state index in [1.165, 1.54) is 10.8 Å². The summed E-state index contributed by atoms with van der Waals surface area (Å²) in [6.45, 7) is 4.72. The summed E-state index contributed by atoms with van der Waals surface area (Å²) in [6.07, 6.45) is 1.33. The highest BCUT2D eigenvalue weighted by molar-refractivity contribution is 6.17. The standard InChI is InChI=1S/C16H19ClN2O/c1-2-14-11-19(7-8-20-14)16-15-6-4-3-5-12(15)9-13(10-17)18-16/h3-6,9,14H,2,7-8,10-11H2,1H3. The first-order chi connectivity index (χ1) is 9.81. The van der Waals surface area contributed by atoms with Crippen LogP contribution in [0.2, 0.25) is 0 Å². The lowest BCUT2D eigenvalue weighted by Crippen LogP contribution is -2.42. The molecule has 0 radical (unpaired) electrons. The molecule has 1 aliphatic heterocycles. The minimum absolute atomic E-state index is 0.295. The Morgan fingerprint density at radius 3 is 3.05 bits per heavy atom. The minimum atomic E-state index is 0.295. The molecule has 4 heteroatoms. The smallest absolute Gasteiger partial charge is 0.136 e. The summed E-state index contributed by atoms with van der Waals surface area (Å²) in [5.41, 5.74) is 0.930. The highest BCUT2D eigenvalue weighted by atomic mass is 35.5. The van der Waals surface area contributed by atoms with Gasteiger partial charge in [-0.25, -0.2) is 4.98 Å². The predicted molar refractivity (Wildman–Crippen MR) is 83.5 cm³/mol. The van der Waals surface area contributed by atoms with Gasteiger partial charge in [0, 0.05) is 18.5 Å². The molecule has 1 unspecified atom stereocenters. The normalized spacial score (nSPS) is 19.5. The first-order valence-electron chi connectivity index (χ1n) is 7.13. The van der Waals surface area contributed by atoms with E-state index in [4.69, 9.17) is 21.3 Å². The summed E-state index contributed by atoms with van der Waals surface area (Å²) in [6, 6.07) is 10.4. The van der Waals surface area contributed by atoms with Crippen molar-refractivity contribution in [3.63, 3.8) is 0 Å². The zero-order chi connectivity index (χ0) is 13.9. The lowest BCUT2D eigenvalue weighted by Gasteiger charge is -2.34. The van der Waals surface area contributed by atoms with Crippen LogP contribution in [0.15, 0.2) is 30.3 Å². The van der Waals surface area contributed by atoms with Gasteiger partial charge < -0.3 is 9.64 Å². The third-order valence-corrected chi connectivity index (χ3v) is 4.08. The minimum Gasteiger partial charge on any atom is -0.375 e. The molecule has 0 amide bonds. The number of anilines is 1. The Morgan fingerprint density at radius 1 is 1.40 bits per heavy atom. The van der Waals surface area contributed by atoms with Crippen LogP contribution in [0, 0.1) is 0 Å². The monoisotopic (exact) mass is 290 g/mol. The molecule has 0 spiro atoms. The Morgan fingerprint density at radius 2 is 2.25 bits per heavy atom. The third kappa shape index (κ3) is 2.60. The zero-order valence-corrected chi connectivity index (χ0v) is 12.4. The van der Waals surface area contributed by atoms with Crippen molar-refractivity contribution in [1.82, 2.24) is 4.98 Å². The van der Waals surface area contributed by atoms with Gasteiger partial charge in [0.15, 0.2) is 0 Å². The number of nitrogens with zero attached hydrogens (tertiary/aromatic N) is 2. The summed E-state index contributed by atoms with van der Waals surface area (Å²) in [5.74, 6) is 1.49. The van der Waals surface area contributed by atoms with Crippen molar-refractivity contribution in [3.05, 3.63) is 36.0 Å². The van der Waals surface area contributed by atoms with Crippen molar-refractivity contribution in [1.29, 1.82) is 0 Å². The van der Waals surface area contributed by atoms with Crippen LogP contribution in [-0.4, -0.2) is 30.8 Å². The summed E-state index contributed by atoms with van der Waals surface area (Å²) in [5, 5.41) is 2.39. The SMILES string of the molecule is CCC1CN(c2nc(CCl)cc3ccccc23)CCO1. The highest BCUT2D eigenvalue weighted by Crippen LogP contribution is 2.28. The van der Waals surface area contributed by atoms with E-state index in [1.54, 1.807) is 0 Å². The second kappa shape index (κ2) is 5.98. The van der Waals surface area contributed by atoms with Crippen LogP contribution in [0.5, 0.6) is 0 Å². The van der Waals surface area contributed by atoms with E-state index in [0.29, 0.717) is 12.0 Å². The highest BCUT2D eigenvalue weighted by Gasteiger charge is 2.21. The molecule has 1 atom stereocenters. The summed E-state index contributed by atoms with van der Waals surface area (Å²) in [4.78, 5) is 7.08. The number of rotatable bonds is 3. The first kappa shape index (κ1) is 13.7. The van der Waals surface area contributed by atoms with Gasteiger partial charge in [0.05, 0.1) is 24.3 Å². The van der Waals surface area contributed by atoms with Gasteiger partial charge in [0.1, 0.15) is 5.82 Å². The van der Waals surface area contributed by atoms with Gasteiger partial charge in [0.2, 0.25) is 0 Å². The van der Waals surface area contributed by atoms with Gasteiger partial charge in [-0.2, -0.15) is 0 Å². The molecule has 3 rings (SSSR count). The number of aromatic nitrogens is 1. The number of hydrogen-bond acceptors (Lipinski definition) is 3. The van der Waals surface area contributed by atoms with Gasteiger partial charge >= 0.3 is 0 Å². The second-order valence-corrected chi connectivity index (χ2v) is 5.41. The summed E-state index contributed by atoms with van der Waals surface area (Å²) in [7, 11) is 0. The summed E-state index contributed by atoms with van der Waals surface area (Å²) >= 11 is 5.99. The van der Waals surface area contributed by atoms with Crippen molar-refractivity contribution >= 4 is 28.2 Å². The molecular formula is C16H19ClN2O. The molecular weight excluding hydrogens is 272 g/mol. The molecule has 2 aromatic rings. The van der Waals surface area contributed by atoms with Crippen LogP contribution in [0.4, 0.5) is 5.82 Å². The van der Waals surface area contributed by atoms with Crippen molar-refractivity contribution < 1.29 is 4.74 Å². The van der Waals surface area contributed by atoms with Crippen LogP contribution in [-0.2, 0) is 10.6 Å². The molecule has 0 aliphatic carbocycles. The molecule has 1 fully saturated rings. The molecule has 0 saturated carbocycles. The molecule has 1 aromatic carbocycles. The summed E-state index contributed by atoms with van der Waals surface area (Å²) < 4.78 is 5.75. The van der Waals surface area contributed by atoms with Crippen molar-refractivity contribution in [3.8, 4) is 0 Å². The maximum absolute atomic E-state index is 5.99. The number of benzene rings is 1. The fourth-order valence-corrected chi connectivity index (χ4v) is 2.84. The van der Waals surface area contributed by atoms with E-state index in [0.717, 1.165) is 37.6 Å². The number of hydrogen-bond donors (Lipinski definition) is 0. The quantitative estimate of drug-likeness (QED) is 0.808. The predicted octanol–water partition coefficient (Wildman–Crippen LogP) is 3.59. The lowest BCUT2D eigenvalue weighted by atomic mass is 10.1. The van der Waals surface area contributed by atoms with Crippen LogP contribution in [0.3, 0.4) is 0 Å². The number of halogens is 1. The lowest BCUT2D eigenvalue weighted by molar-refractivity contribution is 0.0382. The van der Waals surface area contributed by atoms with E-state index < -0.39 is 0 Å². The van der Waals surface area contributed by atoms with Crippen LogP contribution in [0.1, 0.15) is 19.0 Å². The third-order valence-electron chi connectivity index (χ3n) is 3.80. The Kier molecular flexibility index (Phi) is 4.08. The number of ether oxygens (including phenoxy) is 1. The van der Waals surface area contributed by atoms with E-state index in [2.05, 4.69) is 42.2 Å². The number of morpholine rings is 1. The fourth-order valence-electron chi connectivity index (χ4n) is 2.70. The van der Waals surface area contributed by atoms with E-state index in [1.807, 2.05) is 0 Å². The van der Waals surface area contributed by atoms with Crippen molar-refractivity contribution in [2.75, 3.05) is 24.6 Å². The number of fused-ring (bicyclic) bond motifs is 1. The Hall–Kier alpha value is -1.32. The molecule has 1 aliphatic rings. The topological polar surface area (TPSA) is 25.4 Å². The van der Waals surface area contributed by atoms with Gasteiger partial charge in [-0.3, -0.25) is 0 Å². The van der Waals surface area contributed by atoms with Crippen molar-refractivity contribution in [2.24, 2.45) is 0 Å². The number of pyridine rings is 1. The first-order valence-corrected chi connectivity index (χ1v) is 7.66. The molecule has 1 aromatic heterocycles. The average molecular weight is 291 g/mol. The maximum atomic E-state index is 5.99. The molecule has 1 saturated heterocycles. The molecule has 3 nitrogen and oxygen atoms in total. The second-order valence-electron chi connectivity index (χ2n) is 5.14. The van der Waals surface area contributed by atoms with Crippen LogP contribution in [0.25, 0.3) is 10.8 Å². The Balaban J connectivity index is 2.04. The molecule has 0 N–H and O–H groups in total. The van der Waals surface area contributed by atoms with Gasteiger partial charge in [0.25, 0.3) is 0 Å². The number of alkyl halides is 1. The van der Waals surface area contributed by atoms with Crippen LogP contribution < -0.4 is 4.90 Å². The Bertz CT molecular complexity index is 602. The molecule has 0 bridgehead atoms. The fraction of sp³-hybridized carbons (Fsp3) is 0.438. The van der Waals surface area contributed by atoms with Crippen molar-refractivity contribution in [2.45, 2.75) is 25.3 Å². The molecule has 2 heterocycles. The van der Waals surface area contributed by atoms with E-state index in [9.17, 15) is 0 Å². The zero-order valence-electron chi connectivity index (χ0n) is 11.7. The Labute approximate surface area is 124 Å². The van der Waals surface area contributed by atoms with Gasteiger partial charge in [-0.1, -0.05) is 31.2 Å².